The third kappa shape index (κ3) is 6.90. The lowest BCUT2D eigenvalue weighted by Gasteiger charge is -2.29. The molecule has 2 nitrogen and oxygen atoms in total. The zero-order chi connectivity index (χ0) is 22.9. The molecule has 176 valence electrons. The molecule has 1 unspecified atom stereocenters. The topological polar surface area (TPSA) is 29.4 Å². The van der Waals surface area contributed by atoms with Gasteiger partial charge in [0.2, 0.25) is 0 Å². The quantitative estimate of drug-likeness (QED) is 0.268. The zero-order valence-corrected chi connectivity index (χ0v) is 20.9. The van der Waals surface area contributed by atoms with Gasteiger partial charge in [-0.25, -0.2) is 0 Å². The van der Waals surface area contributed by atoms with Crippen LogP contribution in [0.2, 0.25) is 0 Å². The second-order valence-electron chi connectivity index (χ2n) is 10.5. The molecular weight excluding hydrogens is 390 g/mol. The minimum atomic E-state index is 0.0595. The van der Waals surface area contributed by atoms with Crippen LogP contribution in [0.3, 0.4) is 0 Å². The summed E-state index contributed by atoms with van der Waals surface area (Å²) in [5.74, 6) is 1.59. The van der Waals surface area contributed by atoms with Crippen molar-refractivity contribution in [3.8, 4) is 0 Å². The average Bonchev–Trinajstić information content (AvgIpc) is 2.83. The lowest BCUT2D eigenvalue weighted by molar-refractivity contribution is -0.124. The SMILES string of the molecule is C=C(CC)CC(C)[C@H](CC(=O)C1CCCCC1)N=C(c1ccccc1C)C1CCCCC1. The molecule has 0 heterocycles. The van der Waals surface area contributed by atoms with Crippen molar-refractivity contribution >= 4 is 11.5 Å². The Labute approximate surface area is 197 Å². The second-order valence-corrected chi connectivity index (χ2v) is 10.5. The van der Waals surface area contributed by atoms with Gasteiger partial charge >= 0.3 is 0 Å². The van der Waals surface area contributed by atoms with E-state index in [0.29, 0.717) is 24.0 Å². The van der Waals surface area contributed by atoms with Crippen LogP contribution in [-0.2, 0) is 4.79 Å². The first kappa shape index (κ1) is 24.9. The number of carbonyl (C=O) groups excluding carboxylic acids is 1. The number of benzene rings is 1. The summed E-state index contributed by atoms with van der Waals surface area (Å²) in [6.45, 7) is 11.0. The number of allylic oxidation sites excluding steroid dienone is 1. The summed E-state index contributed by atoms with van der Waals surface area (Å²) in [5, 5.41) is 0. The maximum atomic E-state index is 13.3. The summed E-state index contributed by atoms with van der Waals surface area (Å²) in [4.78, 5) is 18.8. The van der Waals surface area contributed by atoms with Gasteiger partial charge in [0.15, 0.2) is 0 Å². The van der Waals surface area contributed by atoms with Crippen molar-refractivity contribution in [1.82, 2.24) is 0 Å². The van der Waals surface area contributed by atoms with E-state index in [1.54, 1.807) is 0 Å². The largest absolute Gasteiger partial charge is 0.299 e. The van der Waals surface area contributed by atoms with Crippen molar-refractivity contribution in [3.05, 3.63) is 47.5 Å². The number of rotatable bonds is 10. The molecule has 2 atom stereocenters. The molecule has 0 bridgehead atoms. The Morgan fingerprint density at radius 3 is 2.16 bits per heavy atom. The highest BCUT2D eigenvalue weighted by molar-refractivity contribution is 6.03. The lowest BCUT2D eigenvalue weighted by Crippen LogP contribution is -2.29. The standard InChI is InChI=1S/C30H45NO/c1-5-22(2)20-24(4)28(21-29(32)25-15-8-6-9-16-25)31-30(26-17-10-7-11-18-26)27-19-13-12-14-23(27)3/h12-14,19,24-26,28H,2,5-11,15-18,20-21H2,1,3-4H3/t24?,28-/m0/s1. The molecular formula is C30H45NO. The van der Waals surface area contributed by atoms with Crippen LogP contribution in [0.1, 0.15) is 108 Å². The van der Waals surface area contributed by atoms with Gasteiger partial charge in [-0.3, -0.25) is 9.79 Å². The Bertz CT molecular complexity index is 780. The molecule has 0 N–H and O–H groups in total. The number of Topliss-reactive ketones (excluding diaryl/α,β-unsaturated/α-hetero) is 1. The van der Waals surface area contributed by atoms with Crippen LogP contribution in [0.5, 0.6) is 0 Å². The molecule has 0 saturated heterocycles. The van der Waals surface area contributed by atoms with Crippen molar-refractivity contribution in [2.45, 2.75) is 110 Å². The van der Waals surface area contributed by atoms with E-state index in [1.807, 2.05) is 0 Å². The number of hydrogen-bond donors (Lipinski definition) is 0. The number of nitrogens with zero attached hydrogens (tertiary/aromatic N) is 1. The van der Waals surface area contributed by atoms with Gasteiger partial charge in [0.1, 0.15) is 5.78 Å². The van der Waals surface area contributed by atoms with Crippen molar-refractivity contribution in [2.75, 3.05) is 0 Å². The first-order valence-electron chi connectivity index (χ1n) is 13.3. The third-order valence-electron chi connectivity index (χ3n) is 7.96. The maximum Gasteiger partial charge on any atom is 0.138 e. The van der Waals surface area contributed by atoms with Crippen LogP contribution >= 0.6 is 0 Å². The van der Waals surface area contributed by atoms with E-state index in [1.165, 1.54) is 73.8 Å². The Morgan fingerprint density at radius 1 is 0.969 bits per heavy atom. The Hall–Kier alpha value is -1.70. The number of carbonyl (C=O) groups is 1. The van der Waals surface area contributed by atoms with Crippen molar-refractivity contribution in [2.24, 2.45) is 22.7 Å². The fourth-order valence-corrected chi connectivity index (χ4v) is 5.72. The smallest absolute Gasteiger partial charge is 0.138 e. The highest BCUT2D eigenvalue weighted by Gasteiger charge is 2.29. The number of aryl methyl sites for hydroxylation is 1. The molecule has 2 saturated carbocycles. The fourth-order valence-electron chi connectivity index (χ4n) is 5.72. The molecule has 2 fully saturated rings. The van der Waals surface area contributed by atoms with Crippen molar-refractivity contribution in [3.63, 3.8) is 0 Å². The fraction of sp³-hybridized carbons (Fsp3) is 0.667. The molecule has 0 aromatic heterocycles. The van der Waals surface area contributed by atoms with Crippen LogP contribution in [0, 0.1) is 24.7 Å². The molecule has 1 aromatic rings. The second kappa shape index (κ2) is 12.5. The van der Waals surface area contributed by atoms with Crippen molar-refractivity contribution < 1.29 is 4.79 Å². The molecule has 32 heavy (non-hydrogen) atoms. The van der Waals surface area contributed by atoms with Gasteiger partial charge in [0.05, 0.1) is 6.04 Å². The Morgan fingerprint density at radius 2 is 1.56 bits per heavy atom. The molecule has 2 aliphatic rings. The van der Waals surface area contributed by atoms with E-state index in [2.05, 4.69) is 51.6 Å². The number of aliphatic imine (C=N–C) groups is 1. The first-order chi connectivity index (χ1) is 15.5. The van der Waals surface area contributed by atoms with Gasteiger partial charge in [-0.2, -0.15) is 0 Å². The van der Waals surface area contributed by atoms with Crippen LogP contribution in [0.15, 0.2) is 41.4 Å². The van der Waals surface area contributed by atoms with Crippen LogP contribution in [0.25, 0.3) is 0 Å². The predicted molar refractivity (Wildman–Crippen MR) is 137 cm³/mol. The van der Waals surface area contributed by atoms with Gasteiger partial charge in [-0.05, 0) is 62.5 Å². The molecule has 2 heteroatoms. The van der Waals surface area contributed by atoms with Gasteiger partial charge < -0.3 is 0 Å². The van der Waals surface area contributed by atoms with Crippen LogP contribution in [0.4, 0.5) is 0 Å². The van der Waals surface area contributed by atoms with E-state index in [0.717, 1.165) is 25.7 Å². The summed E-state index contributed by atoms with van der Waals surface area (Å²) in [6.07, 6.45) is 14.8. The number of ketones is 1. The molecule has 3 rings (SSSR count). The molecule has 0 spiro atoms. The van der Waals surface area contributed by atoms with E-state index < -0.39 is 0 Å². The molecule has 0 aliphatic heterocycles. The third-order valence-corrected chi connectivity index (χ3v) is 7.96. The maximum absolute atomic E-state index is 13.3. The molecule has 0 radical (unpaired) electrons. The normalized spacial score (nSPS) is 20.7. The van der Waals surface area contributed by atoms with E-state index >= 15 is 0 Å². The van der Waals surface area contributed by atoms with Gasteiger partial charge in [0, 0.05) is 24.0 Å². The Balaban J connectivity index is 1.93. The van der Waals surface area contributed by atoms with E-state index in [9.17, 15) is 4.79 Å². The van der Waals surface area contributed by atoms with Gasteiger partial charge in [-0.1, -0.05) is 88.8 Å². The summed E-state index contributed by atoms with van der Waals surface area (Å²) in [5.41, 5.74) is 5.16. The summed E-state index contributed by atoms with van der Waals surface area (Å²) >= 11 is 0. The van der Waals surface area contributed by atoms with E-state index in [-0.39, 0.29) is 12.0 Å². The Kier molecular flexibility index (Phi) is 9.75. The molecule has 0 amide bonds. The van der Waals surface area contributed by atoms with Crippen LogP contribution in [-0.4, -0.2) is 17.5 Å². The van der Waals surface area contributed by atoms with Crippen LogP contribution < -0.4 is 0 Å². The van der Waals surface area contributed by atoms with E-state index in [4.69, 9.17) is 4.99 Å². The van der Waals surface area contributed by atoms with Crippen molar-refractivity contribution in [1.29, 1.82) is 0 Å². The number of hydrogen-bond acceptors (Lipinski definition) is 2. The lowest BCUT2D eigenvalue weighted by atomic mass is 9.80. The molecule has 2 aliphatic carbocycles. The minimum Gasteiger partial charge on any atom is -0.299 e. The summed E-state index contributed by atoms with van der Waals surface area (Å²) in [6, 6.07) is 8.78. The highest BCUT2D eigenvalue weighted by Crippen LogP contribution is 2.32. The van der Waals surface area contributed by atoms with Gasteiger partial charge in [0.25, 0.3) is 0 Å². The minimum absolute atomic E-state index is 0.0595. The summed E-state index contributed by atoms with van der Waals surface area (Å²) in [7, 11) is 0. The monoisotopic (exact) mass is 435 g/mol. The first-order valence-corrected chi connectivity index (χ1v) is 13.3. The summed E-state index contributed by atoms with van der Waals surface area (Å²) < 4.78 is 0. The highest BCUT2D eigenvalue weighted by atomic mass is 16.1. The average molecular weight is 436 g/mol. The zero-order valence-electron chi connectivity index (χ0n) is 20.9. The predicted octanol–water partition coefficient (Wildman–Crippen LogP) is 8.26. The molecule has 1 aromatic carbocycles. The van der Waals surface area contributed by atoms with Gasteiger partial charge in [-0.15, -0.1) is 0 Å².